The molecule has 1 unspecified atom stereocenters. The molecular formula is C36H39F4N. The second-order valence-electron chi connectivity index (χ2n) is 10.8. The van der Waals surface area contributed by atoms with E-state index in [1.807, 2.05) is 12.1 Å². The van der Waals surface area contributed by atoms with E-state index in [1.54, 1.807) is 36.4 Å². The van der Waals surface area contributed by atoms with Crippen molar-refractivity contribution in [3.63, 3.8) is 0 Å². The van der Waals surface area contributed by atoms with Gasteiger partial charge in [0.1, 0.15) is 23.3 Å². The Morgan fingerprint density at radius 3 is 1.22 bits per heavy atom. The average molecular weight is 562 g/mol. The van der Waals surface area contributed by atoms with Gasteiger partial charge in [0.05, 0.1) is 0 Å². The first-order valence-corrected chi connectivity index (χ1v) is 14.6. The molecular weight excluding hydrogens is 522 g/mol. The third-order valence-electron chi connectivity index (χ3n) is 8.10. The number of benzene rings is 4. The molecule has 216 valence electrons. The van der Waals surface area contributed by atoms with Crippen molar-refractivity contribution in [1.82, 2.24) is 4.90 Å². The molecule has 0 bridgehead atoms. The third-order valence-corrected chi connectivity index (χ3v) is 8.10. The number of hydrogen-bond acceptors (Lipinski definition) is 1. The number of nitrogens with zero attached hydrogens (tertiary/aromatic N) is 1. The average Bonchev–Trinajstić information content (AvgIpc) is 2.98. The minimum Gasteiger partial charge on any atom is -0.296 e. The molecule has 5 heteroatoms. The molecule has 0 N–H and O–H groups in total. The highest BCUT2D eigenvalue weighted by atomic mass is 19.1. The summed E-state index contributed by atoms with van der Waals surface area (Å²) < 4.78 is 56.5. The van der Waals surface area contributed by atoms with Crippen LogP contribution in [0.25, 0.3) is 0 Å². The van der Waals surface area contributed by atoms with Gasteiger partial charge in [-0.05, 0) is 110 Å². The van der Waals surface area contributed by atoms with Gasteiger partial charge in [0.2, 0.25) is 0 Å². The van der Waals surface area contributed by atoms with E-state index in [9.17, 15) is 17.6 Å². The monoisotopic (exact) mass is 561 g/mol. The Morgan fingerprint density at radius 2 is 0.878 bits per heavy atom. The van der Waals surface area contributed by atoms with E-state index < -0.39 is 5.41 Å². The lowest BCUT2D eigenvalue weighted by molar-refractivity contribution is 0.174. The predicted octanol–water partition coefficient (Wildman–Crippen LogP) is 10.0. The van der Waals surface area contributed by atoms with Crippen LogP contribution in [0, 0.1) is 23.3 Å². The molecule has 0 amide bonds. The molecule has 1 nitrogen and oxygen atoms in total. The van der Waals surface area contributed by atoms with Gasteiger partial charge in [-0.1, -0.05) is 75.2 Å². The summed E-state index contributed by atoms with van der Waals surface area (Å²) in [4.78, 5) is 2.49. The zero-order chi connectivity index (χ0) is 29.2. The standard InChI is InChI=1S/C36H39F4N/c1-3-5-25-41(26-6-4-2)35(27-7-15-31(37)16-8-27)23-24-36(28-9-17-32(38)18-10-28,29-11-19-33(39)20-12-29)30-13-21-34(40)22-14-30/h7-22,35H,3-6,23-26H2,1-2H3. The molecule has 0 saturated carbocycles. The van der Waals surface area contributed by atoms with E-state index in [-0.39, 0.29) is 29.3 Å². The van der Waals surface area contributed by atoms with Crippen LogP contribution in [0.15, 0.2) is 97.1 Å². The molecule has 0 spiro atoms. The maximum Gasteiger partial charge on any atom is 0.123 e. The van der Waals surface area contributed by atoms with Crippen LogP contribution in [-0.2, 0) is 5.41 Å². The summed E-state index contributed by atoms with van der Waals surface area (Å²) in [6.45, 7) is 6.17. The molecule has 4 rings (SSSR count). The van der Waals surface area contributed by atoms with Gasteiger partial charge in [0, 0.05) is 11.5 Å². The molecule has 0 aromatic heterocycles. The molecule has 4 aromatic rings. The number of rotatable bonds is 14. The summed E-state index contributed by atoms with van der Waals surface area (Å²) in [5, 5.41) is 0. The van der Waals surface area contributed by atoms with Gasteiger partial charge in [0.15, 0.2) is 0 Å². The van der Waals surface area contributed by atoms with Gasteiger partial charge in [-0.3, -0.25) is 4.90 Å². The van der Waals surface area contributed by atoms with Crippen molar-refractivity contribution >= 4 is 0 Å². The van der Waals surface area contributed by atoms with Crippen molar-refractivity contribution in [2.45, 2.75) is 63.8 Å². The van der Waals surface area contributed by atoms with Gasteiger partial charge in [-0.15, -0.1) is 0 Å². The Labute approximate surface area is 241 Å². The van der Waals surface area contributed by atoms with Gasteiger partial charge in [-0.25, -0.2) is 17.6 Å². The minimum atomic E-state index is -0.811. The highest BCUT2D eigenvalue weighted by Gasteiger charge is 2.38. The second-order valence-corrected chi connectivity index (χ2v) is 10.8. The lowest BCUT2D eigenvalue weighted by atomic mass is 9.66. The minimum absolute atomic E-state index is 0.00517. The van der Waals surface area contributed by atoms with E-state index >= 15 is 0 Å². The summed E-state index contributed by atoms with van der Waals surface area (Å²) in [6, 6.07) is 25.9. The van der Waals surface area contributed by atoms with Gasteiger partial charge in [-0.2, -0.15) is 0 Å². The summed E-state index contributed by atoms with van der Waals surface area (Å²) >= 11 is 0. The van der Waals surface area contributed by atoms with Crippen LogP contribution in [-0.4, -0.2) is 18.0 Å². The first kappa shape index (κ1) is 30.5. The van der Waals surface area contributed by atoms with E-state index in [4.69, 9.17) is 0 Å². The van der Waals surface area contributed by atoms with Crippen molar-refractivity contribution in [3.8, 4) is 0 Å². The van der Waals surface area contributed by atoms with Crippen molar-refractivity contribution in [1.29, 1.82) is 0 Å². The molecule has 0 saturated heterocycles. The smallest absolute Gasteiger partial charge is 0.123 e. The molecule has 0 fully saturated rings. The van der Waals surface area contributed by atoms with E-state index in [1.165, 1.54) is 48.5 Å². The van der Waals surface area contributed by atoms with Crippen LogP contribution in [0.2, 0.25) is 0 Å². The number of hydrogen-bond donors (Lipinski definition) is 0. The van der Waals surface area contributed by atoms with Gasteiger partial charge >= 0.3 is 0 Å². The molecule has 0 heterocycles. The Balaban J connectivity index is 1.87. The molecule has 0 aliphatic heterocycles. The van der Waals surface area contributed by atoms with Crippen LogP contribution >= 0.6 is 0 Å². The van der Waals surface area contributed by atoms with Crippen LogP contribution in [0.3, 0.4) is 0 Å². The highest BCUT2D eigenvalue weighted by molar-refractivity contribution is 5.50. The Bertz CT molecular complexity index is 1210. The largest absolute Gasteiger partial charge is 0.296 e. The van der Waals surface area contributed by atoms with Crippen LogP contribution in [0.1, 0.15) is 80.7 Å². The normalized spacial score (nSPS) is 12.6. The highest BCUT2D eigenvalue weighted by Crippen LogP contribution is 2.45. The maximum atomic E-state index is 14.2. The summed E-state index contributed by atoms with van der Waals surface area (Å²) in [5.74, 6) is -1.33. The maximum absolute atomic E-state index is 14.2. The lowest BCUT2D eigenvalue weighted by Crippen LogP contribution is -2.35. The topological polar surface area (TPSA) is 3.24 Å². The summed E-state index contributed by atoms with van der Waals surface area (Å²) in [5.41, 5.74) is 2.73. The molecule has 1 atom stereocenters. The SMILES string of the molecule is CCCCN(CCCC)C(CCC(c1ccc(F)cc1)(c1ccc(F)cc1)c1ccc(F)cc1)c1ccc(F)cc1. The molecule has 0 aliphatic carbocycles. The third kappa shape index (κ3) is 7.45. The molecule has 0 radical (unpaired) electrons. The second kappa shape index (κ2) is 14.5. The Morgan fingerprint density at radius 1 is 0.537 bits per heavy atom. The van der Waals surface area contributed by atoms with Crippen molar-refractivity contribution < 1.29 is 17.6 Å². The fourth-order valence-electron chi connectivity index (χ4n) is 5.88. The van der Waals surface area contributed by atoms with E-state index in [0.717, 1.165) is 61.0 Å². The van der Waals surface area contributed by atoms with Crippen molar-refractivity contribution in [3.05, 3.63) is 143 Å². The lowest BCUT2D eigenvalue weighted by Gasteiger charge is -2.39. The number of halogens is 4. The van der Waals surface area contributed by atoms with Crippen LogP contribution in [0.4, 0.5) is 17.6 Å². The fourth-order valence-corrected chi connectivity index (χ4v) is 5.88. The van der Waals surface area contributed by atoms with Crippen LogP contribution < -0.4 is 0 Å². The van der Waals surface area contributed by atoms with E-state index in [0.29, 0.717) is 12.8 Å². The zero-order valence-electron chi connectivity index (χ0n) is 23.9. The zero-order valence-corrected chi connectivity index (χ0v) is 23.9. The molecule has 41 heavy (non-hydrogen) atoms. The fraction of sp³-hybridized carbons (Fsp3) is 0.333. The summed E-state index contributed by atoms with van der Waals surface area (Å²) in [7, 11) is 0. The molecule has 0 aliphatic rings. The molecule has 4 aromatic carbocycles. The van der Waals surface area contributed by atoms with E-state index in [2.05, 4.69) is 18.7 Å². The van der Waals surface area contributed by atoms with Gasteiger partial charge < -0.3 is 0 Å². The quantitative estimate of drug-likeness (QED) is 0.109. The first-order valence-electron chi connectivity index (χ1n) is 14.6. The van der Waals surface area contributed by atoms with Crippen molar-refractivity contribution in [2.75, 3.05) is 13.1 Å². The van der Waals surface area contributed by atoms with Gasteiger partial charge in [0.25, 0.3) is 0 Å². The Kier molecular flexibility index (Phi) is 10.8. The van der Waals surface area contributed by atoms with Crippen LogP contribution in [0.5, 0.6) is 0 Å². The predicted molar refractivity (Wildman–Crippen MR) is 159 cm³/mol. The Hall–Kier alpha value is -3.44. The summed E-state index contributed by atoms with van der Waals surface area (Å²) in [6.07, 6.45) is 5.46. The van der Waals surface area contributed by atoms with Crippen molar-refractivity contribution in [2.24, 2.45) is 0 Å². The number of unbranched alkanes of at least 4 members (excludes halogenated alkanes) is 2. The first-order chi connectivity index (χ1) is 19.9.